The summed E-state index contributed by atoms with van der Waals surface area (Å²) in [5, 5.41) is 0. The summed E-state index contributed by atoms with van der Waals surface area (Å²) in [5.41, 5.74) is 1.13. The molecule has 84 valence electrons. The average Bonchev–Trinajstić information content (AvgIpc) is 2.61. The lowest BCUT2D eigenvalue weighted by atomic mass is 10.0. The van der Waals surface area contributed by atoms with Crippen molar-refractivity contribution in [2.24, 2.45) is 5.92 Å². The van der Waals surface area contributed by atoms with Crippen LogP contribution in [0.3, 0.4) is 0 Å². The first kappa shape index (κ1) is 10.9. The fourth-order valence-corrected chi connectivity index (χ4v) is 2.05. The number of aromatic nitrogens is 1. The number of hydrogen-bond donors (Lipinski definition) is 0. The number of aryl methyl sites for hydroxylation is 1. The second-order valence-electron chi connectivity index (χ2n) is 4.19. The lowest BCUT2D eigenvalue weighted by Crippen LogP contribution is -2.27. The Kier molecular flexibility index (Phi) is 3.04. The van der Waals surface area contributed by atoms with Crippen molar-refractivity contribution in [3.05, 3.63) is 36.5 Å². The number of anilines is 1. The van der Waals surface area contributed by atoms with Gasteiger partial charge in [0, 0.05) is 18.7 Å². The first-order valence-corrected chi connectivity index (χ1v) is 5.57. The number of carbonyl (C=O) groups excluding carboxylic acids is 1. The third kappa shape index (κ3) is 1.98. The van der Waals surface area contributed by atoms with Crippen LogP contribution in [0.25, 0.3) is 0 Å². The summed E-state index contributed by atoms with van der Waals surface area (Å²) in [6, 6.07) is 3.89. The quantitative estimate of drug-likeness (QED) is 0.726. The fraction of sp³-hybridized carbons (Fsp3) is 0.385. The molecule has 3 nitrogen and oxygen atoms in total. The molecular formula is C13H16N2O. The maximum absolute atomic E-state index is 12.0. The number of carbonyl (C=O) groups is 1. The highest BCUT2D eigenvalue weighted by Crippen LogP contribution is 2.26. The minimum atomic E-state index is 0.0970. The van der Waals surface area contributed by atoms with Gasteiger partial charge in [-0.15, -0.1) is 6.58 Å². The van der Waals surface area contributed by atoms with Crippen molar-refractivity contribution in [1.29, 1.82) is 0 Å². The molecule has 0 N–H and O–H groups in total. The Balaban J connectivity index is 2.18. The van der Waals surface area contributed by atoms with E-state index in [1.165, 1.54) is 0 Å². The summed E-state index contributed by atoms with van der Waals surface area (Å²) < 4.78 is 0. The van der Waals surface area contributed by atoms with Gasteiger partial charge in [0.15, 0.2) is 0 Å². The van der Waals surface area contributed by atoms with Gasteiger partial charge in [0.25, 0.3) is 0 Å². The molecule has 1 atom stereocenters. The zero-order valence-electron chi connectivity index (χ0n) is 9.52. The molecule has 1 aromatic heterocycles. The van der Waals surface area contributed by atoms with Crippen molar-refractivity contribution < 1.29 is 4.79 Å². The highest BCUT2D eigenvalue weighted by atomic mass is 16.2. The van der Waals surface area contributed by atoms with Gasteiger partial charge in [0.05, 0.1) is 0 Å². The number of pyridine rings is 1. The van der Waals surface area contributed by atoms with Crippen molar-refractivity contribution in [3.63, 3.8) is 0 Å². The van der Waals surface area contributed by atoms with E-state index < -0.39 is 0 Å². The molecule has 16 heavy (non-hydrogen) atoms. The summed E-state index contributed by atoms with van der Waals surface area (Å²) in [6.45, 7) is 6.46. The molecule has 0 aromatic carbocycles. The van der Waals surface area contributed by atoms with E-state index in [0.717, 1.165) is 30.8 Å². The first-order chi connectivity index (χ1) is 7.72. The third-order valence-electron chi connectivity index (χ3n) is 2.95. The molecule has 1 amide bonds. The number of hydrogen-bond acceptors (Lipinski definition) is 2. The molecule has 0 bridgehead atoms. The maximum atomic E-state index is 12.0. The van der Waals surface area contributed by atoms with Gasteiger partial charge in [-0.05, 0) is 37.5 Å². The summed E-state index contributed by atoms with van der Waals surface area (Å²) in [5.74, 6) is 1.05. The van der Waals surface area contributed by atoms with Crippen LogP contribution in [0.1, 0.15) is 18.4 Å². The van der Waals surface area contributed by atoms with Crippen LogP contribution in [0.5, 0.6) is 0 Å². The standard InChI is InChI=1S/C13H16N2O/c1-3-4-11-6-8-15(13(11)16)12-9-10(2)5-7-14-12/h3,5,7,9,11H,1,4,6,8H2,2H3/t11-/m0/s1. The van der Waals surface area contributed by atoms with Crippen molar-refractivity contribution in [2.45, 2.75) is 19.8 Å². The summed E-state index contributed by atoms with van der Waals surface area (Å²) in [7, 11) is 0. The minimum absolute atomic E-state index is 0.0970. The molecule has 0 spiro atoms. The van der Waals surface area contributed by atoms with Gasteiger partial charge < -0.3 is 0 Å². The molecule has 0 aliphatic carbocycles. The Morgan fingerprint density at radius 3 is 3.19 bits per heavy atom. The highest BCUT2D eigenvalue weighted by Gasteiger charge is 2.31. The summed E-state index contributed by atoms with van der Waals surface area (Å²) in [6.07, 6.45) is 5.23. The molecule has 1 fully saturated rings. The van der Waals surface area contributed by atoms with Crippen LogP contribution in [0.2, 0.25) is 0 Å². The molecular weight excluding hydrogens is 200 g/mol. The van der Waals surface area contributed by atoms with Crippen molar-refractivity contribution >= 4 is 11.7 Å². The lowest BCUT2D eigenvalue weighted by molar-refractivity contribution is -0.120. The van der Waals surface area contributed by atoms with E-state index in [1.807, 2.05) is 25.1 Å². The van der Waals surface area contributed by atoms with Crippen LogP contribution in [0, 0.1) is 12.8 Å². The zero-order chi connectivity index (χ0) is 11.5. The number of allylic oxidation sites excluding steroid dienone is 1. The van der Waals surface area contributed by atoms with E-state index in [2.05, 4.69) is 11.6 Å². The van der Waals surface area contributed by atoms with Crippen molar-refractivity contribution in [1.82, 2.24) is 4.98 Å². The Labute approximate surface area is 95.8 Å². The monoisotopic (exact) mass is 216 g/mol. The van der Waals surface area contributed by atoms with Gasteiger partial charge in [0.1, 0.15) is 5.82 Å². The third-order valence-corrected chi connectivity index (χ3v) is 2.95. The lowest BCUT2D eigenvalue weighted by Gasteiger charge is -2.15. The smallest absolute Gasteiger partial charge is 0.231 e. The predicted molar refractivity (Wildman–Crippen MR) is 64.2 cm³/mol. The van der Waals surface area contributed by atoms with Crippen LogP contribution < -0.4 is 4.90 Å². The average molecular weight is 216 g/mol. The maximum Gasteiger partial charge on any atom is 0.231 e. The largest absolute Gasteiger partial charge is 0.297 e. The summed E-state index contributed by atoms with van der Waals surface area (Å²) >= 11 is 0. The molecule has 0 unspecified atom stereocenters. The van der Waals surface area contributed by atoms with Crippen LogP contribution in [0.15, 0.2) is 31.0 Å². The van der Waals surface area contributed by atoms with Gasteiger partial charge in [-0.3, -0.25) is 9.69 Å². The minimum Gasteiger partial charge on any atom is -0.297 e. The first-order valence-electron chi connectivity index (χ1n) is 5.57. The molecule has 3 heteroatoms. The van der Waals surface area contributed by atoms with Gasteiger partial charge in [-0.2, -0.15) is 0 Å². The molecule has 1 aliphatic rings. The second-order valence-corrected chi connectivity index (χ2v) is 4.19. The van der Waals surface area contributed by atoms with E-state index in [9.17, 15) is 4.79 Å². The van der Waals surface area contributed by atoms with Gasteiger partial charge >= 0.3 is 0 Å². The molecule has 1 aromatic rings. The van der Waals surface area contributed by atoms with Crippen molar-refractivity contribution in [2.75, 3.05) is 11.4 Å². The molecule has 2 heterocycles. The Morgan fingerprint density at radius 1 is 1.69 bits per heavy atom. The van der Waals surface area contributed by atoms with Crippen molar-refractivity contribution in [3.8, 4) is 0 Å². The Hall–Kier alpha value is -1.64. The van der Waals surface area contributed by atoms with E-state index in [-0.39, 0.29) is 11.8 Å². The van der Waals surface area contributed by atoms with E-state index in [0.29, 0.717) is 0 Å². The van der Waals surface area contributed by atoms with Crippen LogP contribution in [-0.4, -0.2) is 17.4 Å². The van der Waals surface area contributed by atoms with Gasteiger partial charge in [0.2, 0.25) is 5.91 Å². The van der Waals surface area contributed by atoms with Gasteiger partial charge in [-0.1, -0.05) is 6.08 Å². The number of amides is 1. The highest BCUT2D eigenvalue weighted by molar-refractivity contribution is 5.96. The zero-order valence-corrected chi connectivity index (χ0v) is 9.52. The van der Waals surface area contributed by atoms with Crippen LogP contribution in [0.4, 0.5) is 5.82 Å². The van der Waals surface area contributed by atoms with Crippen LogP contribution in [-0.2, 0) is 4.79 Å². The number of rotatable bonds is 3. The topological polar surface area (TPSA) is 33.2 Å². The molecule has 1 aliphatic heterocycles. The predicted octanol–water partition coefficient (Wildman–Crippen LogP) is 2.32. The SMILES string of the molecule is C=CC[C@H]1CCN(c2cc(C)ccn2)C1=O. The molecule has 0 saturated carbocycles. The normalized spacial score (nSPS) is 20.2. The molecule has 1 saturated heterocycles. The number of nitrogens with zero attached hydrogens (tertiary/aromatic N) is 2. The van der Waals surface area contributed by atoms with E-state index >= 15 is 0 Å². The van der Waals surface area contributed by atoms with Crippen LogP contribution >= 0.6 is 0 Å². The fourth-order valence-electron chi connectivity index (χ4n) is 2.05. The van der Waals surface area contributed by atoms with E-state index in [1.54, 1.807) is 11.1 Å². The molecule has 2 rings (SSSR count). The molecule has 0 radical (unpaired) electrons. The second kappa shape index (κ2) is 4.47. The summed E-state index contributed by atoms with van der Waals surface area (Å²) in [4.78, 5) is 18.1. The van der Waals surface area contributed by atoms with E-state index in [4.69, 9.17) is 0 Å². The Bertz CT molecular complexity index is 414. The Morgan fingerprint density at radius 2 is 2.50 bits per heavy atom. The van der Waals surface area contributed by atoms with Gasteiger partial charge in [-0.25, -0.2) is 4.98 Å².